The van der Waals surface area contributed by atoms with Crippen LogP contribution in [0.3, 0.4) is 0 Å². The molecule has 7 nitrogen and oxygen atoms in total. The molecule has 0 spiro atoms. The van der Waals surface area contributed by atoms with Crippen molar-refractivity contribution in [1.29, 1.82) is 5.26 Å². The lowest BCUT2D eigenvalue weighted by Gasteiger charge is -2.29. The van der Waals surface area contributed by atoms with E-state index in [-0.39, 0.29) is 12.5 Å². The summed E-state index contributed by atoms with van der Waals surface area (Å²) in [6.07, 6.45) is 0.872. The first-order valence-corrected chi connectivity index (χ1v) is 5.21. The van der Waals surface area contributed by atoms with E-state index in [1.165, 1.54) is 10.9 Å². The Bertz CT molecular complexity index is 456. The fraction of sp³-hybridized carbons (Fsp3) is 0.500. The van der Waals surface area contributed by atoms with E-state index >= 15 is 0 Å². The summed E-state index contributed by atoms with van der Waals surface area (Å²) in [5.41, 5.74) is 6.38. The van der Waals surface area contributed by atoms with Crippen molar-refractivity contribution in [3.63, 3.8) is 0 Å². The molecule has 0 aromatic carbocycles. The van der Waals surface area contributed by atoms with Gasteiger partial charge in [-0.15, -0.1) is 0 Å². The quantitative estimate of drug-likeness (QED) is 0.698. The highest BCUT2D eigenvalue weighted by Gasteiger charge is 2.27. The van der Waals surface area contributed by atoms with Crippen LogP contribution in [0.5, 0.6) is 0 Å². The van der Waals surface area contributed by atoms with Crippen LogP contribution >= 0.6 is 0 Å². The number of morpholine rings is 1. The predicted octanol–water partition coefficient (Wildman–Crippen LogP) is -0.633. The third kappa shape index (κ3) is 2.07. The van der Waals surface area contributed by atoms with Gasteiger partial charge in [0.15, 0.2) is 6.10 Å². The predicted molar refractivity (Wildman–Crippen MR) is 58.9 cm³/mol. The van der Waals surface area contributed by atoms with E-state index in [0.717, 1.165) is 0 Å². The molecule has 1 aromatic heterocycles. The summed E-state index contributed by atoms with van der Waals surface area (Å²) in [6.45, 7) is 1.09. The number of carbonyl (C=O) groups is 1. The van der Waals surface area contributed by atoms with Crippen molar-refractivity contribution in [3.05, 3.63) is 11.9 Å². The first kappa shape index (κ1) is 11.4. The highest BCUT2D eigenvalue weighted by Crippen LogP contribution is 2.15. The molecule has 1 aliphatic rings. The van der Waals surface area contributed by atoms with E-state index < -0.39 is 6.10 Å². The van der Waals surface area contributed by atoms with Crippen LogP contribution < -0.4 is 5.73 Å². The molecule has 17 heavy (non-hydrogen) atoms. The number of anilines is 1. The molecule has 7 heteroatoms. The highest BCUT2D eigenvalue weighted by atomic mass is 16.5. The number of nitrogen functional groups attached to an aromatic ring is 1. The van der Waals surface area contributed by atoms with Crippen LogP contribution in [0.1, 0.15) is 10.5 Å². The second kappa shape index (κ2) is 4.43. The summed E-state index contributed by atoms with van der Waals surface area (Å²) in [4.78, 5) is 13.7. The smallest absolute Gasteiger partial charge is 0.274 e. The zero-order valence-electron chi connectivity index (χ0n) is 9.46. The Hall–Kier alpha value is -2.07. The summed E-state index contributed by atoms with van der Waals surface area (Å²) < 4.78 is 6.62. The number of ether oxygens (including phenoxy) is 1. The van der Waals surface area contributed by atoms with Crippen LogP contribution in [0.2, 0.25) is 0 Å². The second-order valence-corrected chi connectivity index (χ2v) is 3.81. The standard InChI is InChI=1S/C10H13N5O2/c1-14-9(8(12)5-13-14)10(16)15-2-3-17-7(4-11)6-15/h5,7H,2-3,6,12H2,1H3. The van der Waals surface area contributed by atoms with Crippen molar-refractivity contribution >= 4 is 11.6 Å². The molecule has 90 valence electrons. The fourth-order valence-electron chi connectivity index (χ4n) is 1.78. The summed E-state index contributed by atoms with van der Waals surface area (Å²) in [5.74, 6) is -0.217. The molecule has 2 N–H and O–H groups in total. The molecule has 2 heterocycles. The fourth-order valence-corrected chi connectivity index (χ4v) is 1.78. The SMILES string of the molecule is Cn1ncc(N)c1C(=O)N1CCOC(C#N)C1. The summed E-state index contributed by atoms with van der Waals surface area (Å²) in [6, 6.07) is 1.99. The lowest BCUT2D eigenvalue weighted by molar-refractivity contribution is 0.00302. The molecule has 1 amide bonds. The average molecular weight is 235 g/mol. The number of aryl methyl sites for hydroxylation is 1. The molecule has 1 atom stereocenters. The van der Waals surface area contributed by atoms with E-state index in [2.05, 4.69) is 5.10 Å². The Morgan fingerprint density at radius 1 is 1.76 bits per heavy atom. The molecular formula is C10H13N5O2. The maximum absolute atomic E-state index is 12.2. The van der Waals surface area contributed by atoms with Crippen molar-refractivity contribution in [2.75, 3.05) is 25.4 Å². The Balaban J connectivity index is 2.18. The molecule has 0 radical (unpaired) electrons. The van der Waals surface area contributed by atoms with Gasteiger partial charge in [0.2, 0.25) is 0 Å². The van der Waals surface area contributed by atoms with E-state index in [0.29, 0.717) is 24.5 Å². The Labute approximate surface area is 98.4 Å². The number of nitrogens with zero attached hydrogens (tertiary/aromatic N) is 4. The number of carbonyl (C=O) groups excluding carboxylic acids is 1. The Morgan fingerprint density at radius 2 is 2.53 bits per heavy atom. The Morgan fingerprint density at radius 3 is 3.12 bits per heavy atom. The lowest BCUT2D eigenvalue weighted by Crippen LogP contribution is -2.45. The monoisotopic (exact) mass is 235 g/mol. The van der Waals surface area contributed by atoms with E-state index in [1.54, 1.807) is 11.9 Å². The van der Waals surface area contributed by atoms with Crippen molar-refractivity contribution in [2.45, 2.75) is 6.10 Å². The lowest BCUT2D eigenvalue weighted by atomic mass is 10.2. The van der Waals surface area contributed by atoms with Gasteiger partial charge in [-0.1, -0.05) is 0 Å². The maximum atomic E-state index is 12.2. The highest BCUT2D eigenvalue weighted by molar-refractivity contribution is 5.97. The van der Waals surface area contributed by atoms with E-state index in [9.17, 15) is 4.79 Å². The third-order valence-electron chi connectivity index (χ3n) is 2.67. The molecule has 1 aliphatic heterocycles. The topological polar surface area (TPSA) is 97.2 Å². The zero-order valence-corrected chi connectivity index (χ0v) is 9.46. The minimum absolute atomic E-state index is 0.217. The van der Waals surface area contributed by atoms with Gasteiger partial charge in [-0.2, -0.15) is 10.4 Å². The molecule has 1 aromatic rings. The van der Waals surface area contributed by atoms with Gasteiger partial charge in [-0.3, -0.25) is 9.48 Å². The minimum Gasteiger partial charge on any atom is -0.396 e. The van der Waals surface area contributed by atoms with Crippen molar-refractivity contribution in [2.24, 2.45) is 7.05 Å². The molecule has 0 aliphatic carbocycles. The zero-order chi connectivity index (χ0) is 12.4. The van der Waals surface area contributed by atoms with Crippen LogP contribution in [0.15, 0.2) is 6.20 Å². The van der Waals surface area contributed by atoms with Gasteiger partial charge in [-0.05, 0) is 0 Å². The Kier molecular flexibility index (Phi) is 2.97. The molecule has 0 bridgehead atoms. The average Bonchev–Trinajstić information content (AvgIpc) is 2.68. The van der Waals surface area contributed by atoms with Gasteiger partial charge in [-0.25, -0.2) is 0 Å². The van der Waals surface area contributed by atoms with Gasteiger partial charge < -0.3 is 15.4 Å². The first-order chi connectivity index (χ1) is 8.13. The maximum Gasteiger partial charge on any atom is 0.274 e. The number of aromatic nitrogens is 2. The van der Waals surface area contributed by atoms with Gasteiger partial charge in [0.1, 0.15) is 5.69 Å². The van der Waals surface area contributed by atoms with Crippen LogP contribution in [0.25, 0.3) is 0 Å². The largest absolute Gasteiger partial charge is 0.396 e. The summed E-state index contributed by atoms with van der Waals surface area (Å²) >= 11 is 0. The molecule has 2 rings (SSSR count). The number of amides is 1. The number of hydrogen-bond acceptors (Lipinski definition) is 5. The van der Waals surface area contributed by atoms with Gasteiger partial charge in [0.25, 0.3) is 5.91 Å². The van der Waals surface area contributed by atoms with Crippen LogP contribution in [0, 0.1) is 11.3 Å². The van der Waals surface area contributed by atoms with Gasteiger partial charge in [0, 0.05) is 13.6 Å². The van der Waals surface area contributed by atoms with Crippen LogP contribution in [-0.2, 0) is 11.8 Å². The molecule has 1 unspecified atom stereocenters. The summed E-state index contributed by atoms with van der Waals surface area (Å²) in [5, 5.41) is 12.7. The van der Waals surface area contributed by atoms with Gasteiger partial charge >= 0.3 is 0 Å². The van der Waals surface area contributed by atoms with Gasteiger partial charge in [0.05, 0.1) is 31.1 Å². The molecular weight excluding hydrogens is 222 g/mol. The summed E-state index contributed by atoms with van der Waals surface area (Å²) in [7, 11) is 1.66. The number of nitrogens with two attached hydrogens (primary N) is 1. The van der Waals surface area contributed by atoms with E-state index in [4.69, 9.17) is 15.7 Å². The van der Waals surface area contributed by atoms with Crippen LogP contribution in [-0.4, -0.2) is 46.4 Å². The molecule has 0 saturated carbocycles. The minimum atomic E-state index is -0.567. The normalized spacial score (nSPS) is 20.0. The van der Waals surface area contributed by atoms with Crippen molar-refractivity contribution in [3.8, 4) is 6.07 Å². The molecule has 1 fully saturated rings. The second-order valence-electron chi connectivity index (χ2n) is 3.81. The number of hydrogen-bond donors (Lipinski definition) is 1. The number of rotatable bonds is 1. The van der Waals surface area contributed by atoms with Crippen LogP contribution in [0.4, 0.5) is 5.69 Å². The van der Waals surface area contributed by atoms with Crippen molar-refractivity contribution in [1.82, 2.24) is 14.7 Å². The first-order valence-electron chi connectivity index (χ1n) is 5.21. The number of nitriles is 1. The van der Waals surface area contributed by atoms with E-state index in [1.807, 2.05) is 6.07 Å². The molecule has 1 saturated heterocycles. The van der Waals surface area contributed by atoms with Crippen molar-refractivity contribution < 1.29 is 9.53 Å². The third-order valence-corrected chi connectivity index (χ3v) is 2.67.